The molecule has 0 aliphatic heterocycles. The van der Waals surface area contributed by atoms with Crippen molar-refractivity contribution in [3.8, 4) is 0 Å². The highest BCUT2D eigenvalue weighted by atomic mass is 19.4. The molecule has 1 N–H and O–H groups in total. The fourth-order valence-electron chi connectivity index (χ4n) is 1.88. The Hall–Kier alpha value is -2.37. The maximum atomic E-state index is 12.7. The lowest BCUT2D eigenvalue weighted by atomic mass is 10.1. The van der Waals surface area contributed by atoms with Crippen LogP contribution in [0.25, 0.3) is 0 Å². The molecule has 1 amide bonds. The molecule has 116 valence electrons. The van der Waals surface area contributed by atoms with Crippen molar-refractivity contribution in [3.05, 3.63) is 71.0 Å². The van der Waals surface area contributed by atoms with E-state index in [-0.39, 0.29) is 12.5 Å². The summed E-state index contributed by atoms with van der Waals surface area (Å²) in [7, 11) is 0. The summed E-state index contributed by atoms with van der Waals surface area (Å²) in [5.74, 6) is -0.784. The summed E-state index contributed by atoms with van der Waals surface area (Å²) in [6, 6.07) is 9.88. The normalized spacial score (nSPS) is 11.3. The number of nitrogens with one attached hydrogen (secondary N) is 1. The minimum atomic E-state index is -4.35. The fourth-order valence-corrected chi connectivity index (χ4v) is 1.88. The van der Waals surface area contributed by atoms with Crippen molar-refractivity contribution >= 4 is 5.91 Å². The lowest BCUT2D eigenvalue weighted by molar-refractivity contribution is -0.137. The van der Waals surface area contributed by atoms with Crippen LogP contribution in [0.2, 0.25) is 0 Å². The highest BCUT2D eigenvalue weighted by Gasteiger charge is 2.29. The molecule has 2 aromatic carbocycles. The SMILES string of the molecule is O=C(NCCc1ccc(C(F)(F)F)cc1)c1ccc(F)cc1. The van der Waals surface area contributed by atoms with Gasteiger partial charge in [-0.3, -0.25) is 4.79 Å². The molecule has 0 bridgehead atoms. The van der Waals surface area contributed by atoms with E-state index >= 15 is 0 Å². The van der Waals surface area contributed by atoms with Gasteiger partial charge >= 0.3 is 6.18 Å². The third-order valence-electron chi connectivity index (χ3n) is 3.09. The average molecular weight is 311 g/mol. The van der Waals surface area contributed by atoms with Gasteiger partial charge in [-0.05, 0) is 48.4 Å². The van der Waals surface area contributed by atoms with Crippen molar-refractivity contribution in [2.75, 3.05) is 6.54 Å². The van der Waals surface area contributed by atoms with Crippen LogP contribution in [0.3, 0.4) is 0 Å². The number of benzene rings is 2. The number of carbonyl (C=O) groups is 1. The number of rotatable bonds is 4. The molecule has 0 aliphatic carbocycles. The van der Waals surface area contributed by atoms with Gasteiger partial charge in [-0.1, -0.05) is 12.1 Å². The second-order valence-electron chi connectivity index (χ2n) is 4.71. The standard InChI is InChI=1S/C16H13F4NO/c17-14-7-3-12(4-8-14)15(22)21-10-9-11-1-5-13(6-2-11)16(18,19)20/h1-8H,9-10H2,(H,21,22). The van der Waals surface area contributed by atoms with Gasteiger partial charge < -0.3 is 5.32 Å². The monoisotopic (exact) mass is 311 g/mol. The number of carbonyl (C=O) groups excluding carboxylic acids is 1. The first kappa shape index (κ1) is 16.0. The Labute approximate surface area is 124 Å². The Kier molecular flexibility index (Phi) is 4.80. The van der Waals surface area contributed by atoms with Gasteiger partial charge in [0.15, 0.2) is 0 Å². The number of amides is 1. The smallest absolute Gasteiger partial charge is 0.352 e. The van der Waals surface area contributed by atoms with Crippen molar-refractivity contribution in [1.29, 1.82) is 0 Å². The number of hydrogen-bond acceptors (Lipinski definition) is 1. The molecule has 2 rings (SSSR count). The summed E-state index contributed by atoms with van der Waals surface area (Å²) < 4.78 is 50.0. The van der Waals surface area contributed by atoms with Crippen LogP contribution in [0.15, 0.2) is 48.5 Å². The third-order valence-corrected chi connectivity index (χ3v) is 3.09. The first-order valence-corrected chi connectivity index (χ1v) is 6.56. The van der Waals surface area contributed by atoms with Gasteiger partial charge in [0, 0.05) is 12.1 Å². The Morgan fingerprint density at radius 1 is 0.955 bits per heavy atom. The van der Waals surface area contributed by atoms with Gasteiger partial charge in [-0.15, -0.1) is 0 Å². The molecule has 0 spiro atoms. The summed E-state index contributed by atoms with van der Waals surface area (Å²) in [6.07, 6.45) is -3.94. The molecule has 0 fully saturated rings. The molecule has 0 heterocycles. The molecule has 6 heteroatoms. The van der Waals surface area contributed by atoms with Crippen LogP contribution < -0.4 is 5.32 Å². The Bertz CT molecular complexity index is 633. The molecule has 0 aromatic heterocycles. The first-order valence-electron chi connectivity index (χ1n) is 6.56. The molecule has 0 saturated carbocycles. The molecule has 2 aromatic rings. The number of halogens is 4. The van der Waals surface area contributed by atoms with Crippen LogP contribution in [-0.2, 0) is 12.6 Å². The second-order valence-corrected chi connectivity index (χ2v) is 4.71. The van der Waals surface area contributed by atoms with E-state index < -0.39 is 17.6 Å². The van der Waals surface area contributed by atoms with Crippen LogP contribution >= 0.6 is 0 Å². The van der Waals surface area contributed by atoms with Crippen LogP contribution in [0.1, 0.15) is 21.5 Å². The van der Waals surface area contributed by atoms with Gasteiger partial charge in [0.25, 0.3) is 5.91 Å². The van der Waals surface area contributed by atoms with E-state index in [9.17, 15) is 22.4 Å². The van der Waals surface area contributed by atoms with Gasteiger partial charge in [0.2, 0.25) is 0 Å². The van der Waals surface area contributed by atoms with Crippen LogP contribution in [0.5, 0.6) is 0 Å². The summed E-state index contributed by atoms with van der Waals surface area (Å²) in [5, 5.41) is 2.63. The van der Waals surface area contributed by atoms with E-state index in [1.54, 1.807) is 0 Å². The molecule has 0 atom stereocenters. The summed E-state index contributed by atoms with van der Waals surface area (Å²) >= 11 is 0. The summed E-state index contributed by atoms with van der Waals surface area (Å²) in [6.45, 7) is 0.279. The quantitative estimate of drug-likeness (QED) is 0.855. The van der Waals surface area contributed by atoms with Crippen LogP contribution in [-0.4, -0.2) is 12.5 Å². The zero-order valence-corrected chi connectivity index (χ0v) is 11.5. The Morgan fingerprint density at radius 2 is 1.55 bits per heavy atom. The average Bonchev–Trinajstić information content (AvgIpc) is 2.47. The molecule has 0 radical (unpaired) electrons. The maximum absolute atomic E-state index is 12.7. The highest BCUT2D eigenvalue weighted by molar-refractivity contribution is 5.94. The molecular formula is C16H13F4NO. The van der Waals surface area contributed by atoms with Crippen LogP contribution in [0.4, 0.5) is 17.6 Å². The minimum Gasteiger partial charge on any atom is -0.352 e. The van der Waals surface area contributed by atoms with E-state index in [0.717, 1.165) is 12.1 Å². The molecule has 2 nitrogen and oxygen atoms in total. The Balaban J connectivity index is 1.86. The summed E-state index contributed by atoms with van der Waals surface area (Å²) in [5.41, 5.74) is 0.313. The minimum absolute atomic E-state index is 0.279. The highest BCUT2D eigenvalue weighted by Crippen LogP contribution is 2.29. The zero-order valence-electron chi connectivity index (χ0n) is 11.5. The predicted molar refractivity (Wildman–Crippen MR) is 73.9 cm³/mol. The number of hydrogen-bond donors (Lipinski definition) is 1. The van der Waals surface area contributed by atoms with Gasteiger partial charge in [0.1, 0.15) is 5.82 Å². The van der Waals surface area contributed by atoms with E-state index in [1.807, 2.05) is 0 Å². The van der Waals surface area contributed by atoms with Crippen molar-refractivity contribution < 1.29 is 22.4 Å². The van der Waals surface area contributed by atoms with Crippen molar-refractivity contribution in [2.45, 2.75) is 12.6 Å². The predicted octanol–water partition coefficient (Wildman–Crippen LogP) is 3.82. The first-order chi connectivity index (χ1) is 10.4. The van der Waals surface area contributed by atoms with Gasteiger partial charge in [-0.25, -0.2) is 4.39 Å². The molecular weight excluding hydrogens is 298 g/mol. The van der Waals surface area contributed by atoms with E-state index in [0.29, 0.717) is 17.5 Å². The van der Waals surface area contributed by atoms with Crippen molar-refractivity contribution in [1.82, 2.24) is 5.32 Å². The number of alkyl halides is 3. The van der Waals surface area contributed by atoms with Crippen LogP contribution in [0, 0.1) is 5.82 Å². The largest absolute Gasteiger partial charge is 0.416 e. The Morgan fingerprint density at radius 3 is 2.09 bits per heavy atom. The van der Waals surface area contributed by atoms with Gasteiger partial charge in [0.05, 0.1) is 5.56 Å². The lowest BCUT2D eigenvalue weighted by Gasteiger charge is -2.08. The zero-order chi connectivity index (χ0) is 16.2. The third kappa shape index (κ3) is 4.31. The maximum Gasteiger partial charge on any atom is 0.416 e. The topological polar surface area (TPSA) is 29.1 Å². The van der Waals surface area contributed by atoms with Gasteiger partial charge in [-0.2, -0.15) is 13.2 Å². The van der Waals surface area contributed by atoms with Crippen molar-refractivity contribution in [2.24, 2.45) is 0 Å². The molecule has 0 saturated heterocycles. The molecule has 22 heavy (non-hydrogen) atoms. The van der Waals surface area contributed by atoms with Crippen molar-refractivity contribution in [3.63, 3.8) is 0 Å². The van der Waals surface area contributed by atoms with E-state index in [1.165, 1.54) is 36.4 Å². The molecule has 0 unspecified atom stereocenters. The summed E-state index contributed by atoms with van der Waals surface area (Å²) in [4.78, 5) is 11.7. The van der Waals surface area contributed by atoms with E-state index in [4.69, 9.17) is 0 Å². The second kappa shape index (κ2) is 6.60. The fraction of sp³-hybridized carbons (Fsp3) is 0.188. The van der Waals surface area contributed by atoms with E-state index in [2.05, 4.69) is 5.32 Å². The lowest BCUT2D eigenvalue weighted by Crippen LogP contribution is -2.25. The molecule has 0 aliphatic rings.